The summed E-state index contributed by atoms with van der Waals surface area (Å²) in [5, 5.41) is 2.75. The van der Waals surface area contributed by atoms with Gasteiger partial charge in [0, 0.05) is 29.3 Å². The number of alkyl halides is 3. The highest BCUT2D eigenvalue weighted by Gasteiger charge is 2.59. The SMILES string of the molecule is O=C(NC1CONC1=O)c1ccc(N2CCC(c3cc(Cl)cc(Cl)c3)(C(F)(F)F)C2)nc1. The number of carbonyl (C=O) groups is 2. The second kappa shape index (κ2) is 8.42. The summed E-state index contributed by atoms with van der Waals surface area (Å²) in [4.78, 5) is 34.2. The van der Waals surface area contributed by atoms with Gasteiger partial charge in [0.2, 0.25) is 0 Å². The number of rotatable bonds is 4. The van der Waals surface area contributed by atoms with Crippen LogP contribution in [0.25, 0.3) is 0 Å². The average Bonchev–Trinajstić information content (AvgIpc) is 3.35. The van der Waals surface area contributed by atoms with Gasteiger partial charge in [0.25, 0.3) is 11.8 Å². The first-order valence-electron chi connectivity index (χ1n) is 9.56. The van der Waals surface area contributed by atoms with E-state index in [1.807, 2.05) is 0 Å². The van der Waals surface area contributed by atoms with Crippen LogP contribution in [0, 0.1) is 0 Å². The van der Waals surface area contributed by atoms with Crippen LogP contribution in [-0.4, -0.2) is 48.7 Å². The summed E-state index contributed by atoms with van der Waals surface area (Å²) in [6, 6.07) is 6.04. The monoisotopic (exact) mass is 488 g/mol. The van der Waals surface area contributed by atoms with E-state index < -0.39 is 29.4 Å². The summed E-state index contributed by atoms with van der Waals surface area (Å²) >= 11 is 11.9. The molecule has 2 saturated heterocycles. The number of aromatic nitrogens is 1. The number of amides is 2. The van der Waals surface area contributed by atoms with E-state index in [1.165, 1.54) is 41.4 Å². The number of halogens is 5. The third-order valence-electron chi connectivity index (χ3n) is 5.61. The Hall–Kier alpha value is -2.56. The maximum atomic E-state index is 14.2. The molecule has 170 valence electrons. The number of anilines is 1. The van der Waals surface area contributed by atoms with Crippen molar-refractivity contribution in [1.82, 2.24) is 15.8 Å². The van der Waals surface area contributed by atoms with Crippen molar-refractivity contribution in [3.63, 3.8) is 0 Å². The van der Waals surface area contributed by atoms with E-state index in [0.29, 0.717) is 5.82 Å². The Kier molecular flexibility index (Phi) is 5.95. The minimum atomic E-state index is -4.54. The molecule has 2 fully saturated rings. The van der Waals surface area contributed by atoms with E-state index in [4.69, 9.17) is 28.0 Å². The van der Waals surface area contributed by atoms with Gasteiger partial charge in [-0.15, -0.1) is 0 Å². The number of benzene rings is 1. The Labute approximate surface area is 190 Å². The van der Waals surface area contributed by atoms with Gasteiger partial charge in [0.15, 0.2) is 0 Å². The van der Waals surface area contributed by atoms with Gasteiger partial charge < -0.3 is 10.2 Å². The molecule has 1 aromatic heterocycles. The van der Waals surface area contributed by atoms with E-state index in [9.17, 15) is 22.8 Å². The summed E-state index contributed by atoms with van der Waals surface area (Å²) in [5.74, 6) is -0.721. The van der Waals surface area contributed by atoms with Crippen LogP contribution in [0.5, 0.6) is 0 Å². The molecule has 2 aromatic rings. The maximum Gasteiger partial charge on any atom is 0.400 e. The zero-order valence-corrected chi connectivity index (χ0v) is 17.9. The number of hydrogen-bond acceptors (Lipinski definition) is 5. The van der Waals surface area contributed by atoms with Crippen molar-refractivity contribution < 1.29 is 27.6 Å². The molecule has 1 aromatic carbocycles. The molecule has 0 spiro atoms. The van der Waals surface area contributed by atoms with Gasteiger partial charge in [0.05, 0.1) is 5.56 Å². The Balaban J connectivity index is 1.53. The molecule has 4 rings (SSSR count). The number of nitrogens with zero attached hydrogens (tertiary/aromatic N) is 2. The first kappa shape index (κ1) is 22.6. The van der Waals surface area contributed by atoms with Crippen LogP contribution in [0.2, 0.25) is 10.0 Å². The number of nitrogens with one attached hydrogen (secondary N) is 2. The summed E-state index contributed by atoms with van der Waals surface area (Å²) in [7, 11) is 0. The van der Waals surface area contributed by atoms with Crippen LogP contribution < -0.4 is 15.7 Å². The van der Waals surface area contributed by atoms with E-state index in [2.05, 4.69) is 15.8 Å². The first-order valence-corrected chi connectivity index (χ1v) is 10.3. The van der Waals surface area contributed by atoms with Crippen molar-refractivity contribution in [3.8, 4) is 0 Å². The van der Waals surface area contributed by atoms with E-state index in [0.717, 1.165) is 0 Å². The highest BCUT2D eigenvalue weighted by Crippen LogP contribution is 2.49. The van der Waals surface area contributed by atoms with Crippen LogP contribution in [0.3, 0.4) is 0 Å². The largest absolute Gasteiger partial charge is 0.400 e. The summed E-state index contributed by atoms with van der Waals surface area (Å²) in [5.41, 5.74) is 0.132. The molecule has 2 amide bonds. The molecule has 0 radical (unpaired) electrons. The van der Waals surface area contributed by atoms with Crippen molar-refractivity contribution in [3.05, 3.63) is 57.7 Å². The van der Waals surface area contributed by atoms with Crippen molar-refractivity contribution >= 4 is 40.8 Å². The standard InChI is InChI=1S/C20H17Cl2F3N4O3/c21-13-5-12(6-14(22)7-13)19(20(23,24)25)3-4-29(10-19)16-2-1-11(8-26-16)17(30)27-15-9-32-28-18(15)31/h1-2,5-8,15H,3-4,9-10H2,(H,27,30)(H,28,31). The van der Waals surface area contributed by atoms with Crippen LogP contribution in [0.1, 0.15) is 22.3 Å². The average molecular weight is 489 g/mol. The molecule has 2 N–H and O–H groups in total. The predicted octanol–water partition coefficient (Wildman–Crippen LogP) is 3.26. The van der Waals surface area contributed by atoms with Gasteiger partial charge in [0.1, 0.15) is 23.9 Å². The lowest BCUT2D eigenvalue weighted by Gasteiger charge is -2.32. The van der Waals surface area contributed by atoms with E-state index >= 15 is 0 Å². The molecule has 32 heavy (non-hydrogen) atoms. The van der Waals surface area contributed by atoms with Crippen molar-refractivity contribution in [2.24, 2.45) is 0 Å². The summed E-state index contributed by atoms with van der Waals surface area (Å²) < 4.78 is 42.7. The Bertz CT molecular complexity index is 1030. The Morgan fingerprint density at radius 1 is 1.25 bits per heavy atom. The zero-order chi connectivity index (χ0) is 23.1. The number of pyridine rings is 1. The van der Waals surface area contributed by atoms with Gasteiger partial charge in [-0.1, -0.05) is 23.2 Å². The second-order valence-corrected chi connectivity index (χ2v) is 8.49. The maximum absolute atomic E-state index is 14.2. The lowest BCUT2D eigenvalue weighted by atomic mass is 9.79. The number of hydroxylamine groups is 1. The molecule has 7 nitrogen and oxygen atoms in total. The van der Waals surface area contributed by atoms with Gasteiger partial charge in [-0.3, -0.25) is 14.4 Å². The van der Waals surface area contributed by atoms with Crippen LogP contribution >= 0.6 is 23.2 Å². The molecule has 2 aliphatic heterocycles. The lowest BCUT2D eigenvalue weighted by molar-refractivity contribution is -0.184. The van der Waals surface area contributed by atoms with Gasteiger partial charge in [-0.25, -0.2) is 10.5 Å². The smallest absolute Gasteiger partial charge is 0.355 e. The third kappa shape index (κ3) is 4.22. The molecule has 0 bridgehead atoms. The third-order valence-corrected chi connectivity index (χ3v) is 6.04. The van der Waals surface area contributed by atoms with Crippen molar-refractivity contribution in [2.45, 2.75) is 24.1 Å². The molecule has 2 aliphatic rings. The van der Waals surface area contributed by atoms with Crippen molar-refractivity contribution in [2.75, 3.05) is 24.6 Å². The first-order chi connectivity index (χ1) is 15.1. The topological polar surface area (TPSA) is 83.6 Å². The molecular formula is C20H17Cl2F3N4O3. The van der Waals surface area contributed by atoms with Crippen LogP contribution in [0.4, 0.5) is 19.0 Å². The Morgan fingerprint density at radius 2 is 1.97 bits per heavy atom. The summed E-state index contributed by atoms with van der Waals surface area (Å²) in [6.07, 6.45) is -3.49. The molecular weight excluding hydrogens is 472 g/mol. The minimum absolute atomic E-state index is 0.00180. The minimum Gasteiger partial charge on any atom is -0.355 e. The van der Waals surface area contributed by atoms with E-state index in [1.54, 1.807) is 0 Å². The molecule has 0 saturated carbocycles. The fourth-order valence-electron chi connectivity index (χ4n) is 3.87. The highest BCUT2D eigenvalue weighted by molar-refractivity contribution is 6.34. The highest BCUT2D eigenvalue weighted by atomic mass is 35.5. The molecule has 2 atom stereocenters. The quantitative estimate of drug-likeness (QED) is 0.689. The van der Waals surface area contributed by atoms with Gasteiger partial charge in [-0.2, -0.15) is 13.2 Å². The fourth-order valence-corrected chi connectivity index (χ4v) is 4.39. The normalized spacial score (nSPS) is 23.3. The molecule has 0 aliphatic carbocycles. The second-order valence-electron chi connectivity index (χ2n) is 7.62. The molecule has 12 heteroatoms. The molecule has 2 unspecified atom stereocenters. The van der Waals surface area contributed by atoms with Crippen LogP contribution in [0.15, 0.2) is 36.5 Å². The fraction of sp³-hybridized carbons (Fsp3) is 0.350. The molecule has 3 heterocycles. The Morgan fingerprint density at radius 3 is 2.53 bits per heavy atom. The van der Waals surface area contributed by atoms with Crippen LogP contribution in [-0.2, 0) is 15.0 Å². The number of carbonyl (C=O) groups excluding carboxylic acids is 2. The predicted molar refractivity (Wildman–Crippen MR) is 111 cm³/mol. The van der Waals surface area contributed by atoms with E-state index in [-0.39, 0.29) is 47.3 Å². The zero-order valence-electron chi connectivity index (χ0n) is 16.4. The van der Waals surface area contributed by atoms with Crippen molar-refractivity contribution in [1.29, 1.82) is 0 Å². The lowest BCUT2D eigenvalue weighted by Crippen LogP contribution is -2.45. The van der Waals surface area contributed by atoms with Gasteiger partial charge in [-0.05, 0) is 42.3 Å². The van der Waals surface area contributed by atoms with Gasteiger partial charge >= 0.3 is 6.18 Å². The summed E-state index contributed by atoms with van der Waals surface area (Å²) in [6.45, 7) is -0.274. The number of hydrogen-bond donors (Lipinski definition) is 2.